The van der Waals surface area contributed by atoms with Crippen molar-refractivity contribution in [2.24, 2.45) is 0 Å². The molecule has 3 N–H and O–H groups in total. The summed E-state index contributed by atoms with van der Waals surface area (Å²) >= 11 is 0. The van der Waals surface area contributed by atoms with Crippen LogP contribution in [0.15, 0.2) is 0 Å². The predicted octanol–water partition coefficient (Wildman–Crippen LogP) is -0.144. The summed E-state index contributed by atoms with van der Waals surface area (Å²) in [5.41, 5.74) is 0. The SMILES string of the molecule is CCOC(OCC)C(O)COP(=O)(O)O. The van der Waals surface area contributed by atoms with Gasteiger partial charge in [0.1, 0.15) is 6.10 Å². The van der Waals surface area contributed by atoms with Crippen molar-refractivity contribution >= 4 is 7.82 Å². The number of rotatable bonds is 8. The second-order valence-electron chi connectivity index (χ2n) is 2.63. The van der Waals surface area contributed by atoms with Crippen LogP contribution in [0.1, 0.15) is 13.8 Å². The number of hydrogen-bond acceptors (Lipinski definition) is 5. The van der Waals surface area contributed by atoms with Crippen molar-refractivity contribution in [3.63, 3.8) is 0 Å². The molecule has 0 spiro atoms. The number of phosphoric ester groups is 1. The Balaban J connectivity index is 4.01. The maximum absolute atomic E-state index is 10.4. The van der Waals surface area contributed by atoms with Crippen LogP contribution in [0.2, 0.25) is 0 Å². The molecule has 0 aliphatic heterocycles. The molecular weight excluding hydrogens is 227 g/mol. The summed E-state index contributed by atoms with van der Waals surface area (Å²) in [7, 11) is -4.57. The van der Waals surface area contributed by atoms with Gasteiger partial charge in [0.15, 0.2) is 6.29 Å². The second kappa shape index (κ2) is 7.29. The van der Waals surface area contributed by atoms with E-state index in [2.05, 4.69) is 4.52 Å². The fraction of sp³-hybridized carbons (Fsp3) is 1.00. The second-order valence-corrected chi connectivity index (χ2v) is 3.87. The van der Waals surface area contributed by atoms with Gasteiger partial charge in [-0.3, -0.25) is 4.52 Å². The highest BCUT2D eigenvalue weighted by Crippen LogP contribution is 2.35. The van der Waals surface area contributed by atoms with Crippen molar-refractivity contribution in [2.45, 2.75) is 26.2 Å². The molecule has 1 atom stereocenters. The highest BCUT2D eigenvalue weighted by atomic mass is 31.2. The Kier molecular flexibility index (Phi) is 7.29. The van der Waals surface area contributed by atoms with Crippen LogP contribution in [0.25, 0.3) is 0 Å². The van der Waals surface area contributed by atoms with Crippen molar-refractivity contribution in [3.8, 4) is 0 Å². The average molecular weight is 244 g/mol. The van der Waals surface area contributed by atoms with E-state index in [0.717, 1.165) is 0 Å². The van der Waals surface area contributed by atoms with E-state index in [1.807, 2.05) is 0 Å². The largest absolute Gasteiger partial charge is 0.469 e. The summed E-state index contributed by atoms with van der Waals surface area (Å²) in [5, 5.41) is 9.42. The molecule has 0 saturated carbocycles. The topological polar surface area (TPSA) is 105 Å². The normalized spacial score (nSPS) is 14.5. The number of aliphatic hydroxyl groups is 1. The van der Waals surface area contributed by atoms with Crippen molar-refractivity contribution in [2.75, 3.05) is 19.8 Å². The maximum atomic E-state index is 10.4. The van der Waals surface area contributed by atoms with Gasteiger partial charge in [0.25, 0.3) is 0 Å². The Labute approximate surface area is 88.2 Å². The minimum absolute atomic E-state index is 0.317. The van der Waals surface area contributed by atoms with Crippen molar-refractivity contribution in [1.29, 1.82) is 0 Å². The quantitative estimate of drug-likeness (QED) is 0.403. The molecule has 0 saturated heterocycles. The van der Waals surface area contributed by atoms with Crippen molar-refractivity contribution in [3.05, 3.63) is 0 Å². The van der Waals surface area contributed by atoms with Crippen molar-refractivity contribution in [1.82, 2.24) is 0 Å². The zero-order valence-corrected chi connectivity index (χ0v) is 9.59. The van der Waals surface area contributed by atoms with Gasteiger partial charge in [-0.05, 0) is 13.8 Å². The molecule has 0 aliphatic rings. The highest BCUT2D eigenvalue weighted by molar-refractivity contribution is 7.46. The molecule has 0 aromatic rings. The Morgan fingerprint density at radius 3 is 2.00 bits per heavy atom. The summed E-state index contributed by atoms with van der Waals surface area (Å²) in [5.74, 6) is 0. The molecule has 8 heteroatoms. The van der Waals surface area contributed by atoms with Gasteiger partial charge >= 0.3 is 7.82 Å². The van der Waals surface area contributed by atoms with Gasteiger partial charge < -0.3 is 24.4 Å². The lowest BCUT2D eigenvalue weighted by Crippen LogP contribution is -2.35. The van der Waals surface area contributed by atoms with E-state index in [1.54, 1.807) is 13.8 Å². The van der Waals surface area contributed by atoms with E-state index in [4.69, 9.17) is 19.3 Å². The van der Waals surface area contributed by atoms with E-state index >= 15 is 0 Å². The molecule has 0 amide bonds. The van der Waals surface area contributed by atoms with Gasteiger partial charge in [0.05, 0.1) is 6.61 Å². The summed E-state index contributed by atoms with van der Waals surface area (Å²) < 4.78 is 24.5. The summed E-state index contributed by atoms with van der Waals surface area (Å²) in [6.07, 6.45) is -2.18. The van der Waals surface area contributed by atoms with E-state index in [9.17, 15) is 9.67 Å². The Hall–Kier alpha value is -0.0100. The van der Waals surface area contributed by atoms with Gasteiger partial charge in [-0.25, -0.2) is 4.57 Å². The predicted molar refractivity (Wildman–Crippen MR) is 51.0 cm³/mol. The number of aliphatic hydroxyl groups excluding tert-OH is 1. The first-order valence-corrected chi connectivity index (χ1v) is 6.05. The Bertz CT molecular complexity index is 198. The van der Waals surface area contributed by atoms with Crippen LogP contribution in [0.3, 0.4) is 0 Å². The third-order valence-corrected chi connectivity index (χ3v) is 1.87. The fourth-order valence-electron chi connectivity index (χ4n) is 0.851. The van der Waals surface area contributed by atoms with E-state index in [-0.39, 0.29) is 0 Å². The molecule has 0 aromatic carbocycles. The number of ether oxygens (including phenoxy) is 2. The van der Waals surface area contributed by atoms with Crippen LogP contribution in [0.5, 0.6) is 0 Å². The third-order valence-electron chi connectivity index (χ3n) is 1.39. The first-order chi connectivity index (χ1) is 6.90. The summed E-state index contributed by atoms with van der Waals surface area (Å²) in [6.45, 7) is 3.51. The molecule has 15 heavy (non-hydrogen) atoms. The molecule has 92 valence electrons. The smallest absolute Gasteiger partial charge is 0.385 e. The van der Waals surface area contributed by atoms with E-state index < -0.39 is 26.8 Å². The van der Waals surface area contributed by atoms with Crippen molar-refractivity contribution < 1.29 is 33.5 Å². The van der Waals surface area contributed by atoms with Gasteiger partial charge in [-0.2, -0.15) is 0 Å². The molecular formula is C7H17O7P. The van der Waals surface area contributed by atoms with Crippen LogP contribution in [-0.4, -0.2) is 47.1 Å². The van der Waals surface area contributed by atoms with Gasteiger partial charge in [0.2, 0.25) is 0 Å². The minimum Gasteiger partial charge on any atom is -0.385 e. The van der Waals surface area contributed by atoms with Gasteiger partial charge in [-0.1, -0.05) is 0 Å². The lowest BCUT2D eigenvalue weighted by molar-refractivity contribution is -0.195. The number of phosphoric acid groups is 1. The maximum Gasteiger partial charge on any atom is 0.469 e. The fourth-order valence-corrected chi connectivity index (χ4v) is 1.20. The zero-order valence-electron chi connectivity index (χ0n) is 8.70. The lowest BCUT2D eigenvalue weighted by Gasteiger charge is -2.22. The molecule has 7 nitrogen and oxygen atoms in total. The molecule has 0 heterocycles. The Morgan fingerprint density at radius 1 is 1.20 bits per heavy atom. The monoisotopic (exact) mass is 244 g/mol. The number of hydrogen-bond donors (Lipinski definition) is 3. The van der Waals surface area contributed by atoms with Crippen LogP contribution >= 0.6 is 7.82 Å². The van der Waals surface area contributed by atoms with Crippen LogP contribution < -0.4 is 0 Å². The highest BCUT2D eigenvalue weighted by Gasteiger charge is 2.24. The van der Waals surface area contributed by atoms with E-state index in [1.165, 1.54) is 0 Å². The molecule has 0 radical (unpaired) electrons. The molecule has 0 aliphatic carbocycles. The first-order valence-electron chi connectivity index (χ1n) is 4.52. The van der Waals surface area contributed by atoms with Gasteiger partial charge in [0, 0.05) is 13.2 Å². The van der Waals surface area contributed by atoms with Crippen LogP contribution in [0.4, 0.5) is 0 Å². The summed E-state index contributed by atoms with van der Waals surface area (Å²) in [4.78, 5) is 16.8. The molecule has 0 aromatic heterocycles. The molecule has 0 bridgehead atoms. The first kappa shape index (κ1) is 15.0. The molecule has 0 rings (SSSR count). The van der Waals surface area contributed by atoms with E-state index in [0.29, 0.717) is 13.2 Å². The van der Waals surface area contributed by atoms with Crippen LogP contribution in [-0.2, 0) is 18.6 Å². The summed E-state index contributed by atoms with van der Waals surface area (Å²) in [6, 6.07) is 0. The average Bonchev–Trinajstić information content (AvgIpc) is 2.13. The third kappa shape index (κ3) is 7.87. The lowest BCUT2D eigenvalue weighted by atomic mass is 10.4. The standard InChI is InChI=1S/C7H17O7P/c1-3-12-7(13-4-2)6(8)5-14-15(9,10)11/h6-8H,3-5H2,1-2H3,(H2,9,10,11). The van der Waals surface area contributed by atoms with Crippen LogP contribution in [0, 0.1) is 0 Å². The van der Waals surface area contributed by atoms with Gasteiger partial charge in [-0.15, -0.1) is 0 Å². The zero-order chi connectivity index (χ0) is 11.9. The molecule has 0 fully saturated rings. The minimum atomic E-state index is -4.57. The Morgan fingerprint density at radius 2 is 1.67 bits per heavy atom. The molecule has 1 unspecified atom stereocenters.